The third-order valence-corrected chi connectivity index (χ3v) is 3.33. The maximum absolute atomic E-state index is 2.39. The maximum Gasteiger partial charge on any atom is -0.00611 e. The highest BCUT2D eigenvalue weighted by molar-refractivity contribution is 7.07. The van der Waals surface area contributed by atoms with Crippen molar-refractivity contribution in [3.05, 3.63) is 45.7 Å². The third-order valence-electron chi connectivity index (χ3n) is 2.60. The van der Waals surface area contributed by atoms with Gasteiger partial charge in [-0.05, 0) is 68.8 Å². The number of hydrogen-bond acceptors (Lipinski definition) is 1. The molecule has 0 nitrogen and oxygen atoms in total. The Kier molecular flexibility index (Phi) is 6.17. The molecule has 0 radical (unpaired) electrons. The highest BCUT2D eigenvalue weighted by Crippen LogP contribution is 2.12. The lowest BCUT2D eigenvalue weighted by Crippen LogP contribution is -1.81. The molecule has 88 valence electrons. The van der Waals surface area contributed by atoms with Gasteiger partial charge in [0.1, 0.15) is 0 Å². The highest BCUT2D eigenvalue weighted by Gasteiger charge is 1.92. The molecule has 16 heavy (non-hydrogen) atoms. The molecule has 0 atom stereocenters. The first kappa shape index (κ1) is 13.2. The molecule has 0 amide bonds. The standard InChI is InChI=1S/C15H22S/c1-13(2)6-4-7-14(3)8-5-9-15-10-11-16-12-15/h6,8,10-12H,4-5,7,9H2,1-3H3/b14-8+. The van der Waals surface area contributed by atoms with Gasteiger partial charge < -0.3 is 0 Å². The van der Waals surface area contributed by atoms with Crippen molar-refractivity contribution in [3.8, 4) is 0 Å². The summed E-state index contributed by atoms with van der Waals surface area (Å²) in [5.74, 6) is 0. The molecule has 0 unspecified atom stereocenters. The quantitative estimate of drug-likeness (QED) is 0.580. The van der Waals surface area contributed by atoms with Crippen LogP contribution in [0.4, 0.5) is 0 Å². The SMILES string of the molecule is CC(C)=CCC/C(C)=C/CCc1ccsc1. The van der Waals surface area contributed by atoms with Crippen LogP contribution in [0.5, 0.6) is 0 Å². The zero-order valence-corrected chi connectivity index (χ0v) is 11.4. The van der Waals surface area contributed by atoms with E-state index in [-0.39, 0.29) is 0 Å². The second-order valence-corrected chi connectivity index (χ2v) is 5.32. The third kappa shape index (κ3) is 5.92. The summed E-state index contributed by atoms with van der Waals surface area (Å²) in [6, 6.07) is 2.22. The Labute approximate surface area is 104 Å². The van der Waals surface area contributed by atoms with Crippen molar-refractivity contribution in [2.24, 2.45) is 0 Å². The lowest BCUT2D eigenvalue weighted by molar-refractivity contribution is 0.927. The minimum absolute atomic E-state index is 1.18. The van der Waals surface area contributed by atoms with Crippen molar-refractivity contribution in [1.29, 1.82) is 0 Å². The predicted octanol–water partition coefficient (Wildman–Crippen LogP) is 5.37. The Morgan fingerprint density at radius 3 is 2.62 bits per heavy atom. The largest absolute Gasteiger partial charge is 0.152 e. The number of aryl methyl sites for hydroxylation is 1. The van der Waals surface area contributed by atoms with Gasteiger partial charge in [-0.25, -0.2) is 0 Å². The first-order valence-corrected chi connectivity index (χ1v) is 6.93. The first-order valence-electron chi connectivity index (χ1n) is 5.98. The van der Waals surface area contributed by atoms with E-state index in [1.54, 1.807) is 11.3 Å². The minimum atomic E-state index is 1.18. The van der Waals surface area contributed by atoms with Gasteiger partial charge in [0, 0.05) is 0 Å². The number of hydrogen-bond donors (Lipinski definition) is 0. The van der Waals surface area contributed by atoms with E-state index in [9.17, 15) is 0 Å². The lowest BCUT2D eigenvalue weighted by atomic mass is 10.1. The molecule has 0 aromatic carbocycles. The Morgan fingerprint density at radius 2 is 2.00 bits per heavy atom. The molecule has 0 bridgehead atoms. The molecule has 1 aromatic rings. The monoisotopic (exact) mass is 234 g/mol. The molecule has 1 rings (SSSR count). The highest BCUT2D eigenvalue weighted by atomic mass is 32.1. The molecule has 0 aliphatic heterocycles. The molecule has 0 fully saturated rings. The smallest absolute Gasteiger partial charge is 0.00611 e. The normalized spacial score (nSPS) is 11.6. The fraction of sp³-hybridized carbons (Fsp3) is 0.467. The van der Waals surface area contributed by atoms with E-state index >= 15 is 0 Å². The van der Waals surface area contributed by atoms with Gasteiger partial charge in [0.05, 0.1) is 0 Å². The average molecular weight is 234 g/mol. The Balaban J connectivity index is 2.21. The Morgan fingerprint density at radius 1 is 1.19 bits per heavy atom. The van der Waals surface area contributed by atoms with Crippen molar-refractivity contribution in [2.75, 3.05) is 0 Å². The summed E-state index contributed by atoms with van der Waals surface area (Å²) < 4.78 is 0. The summed E-state index contributed by atoms with van der Waals surface area (Å²) in [6.07, 6.45) is 9.45. The van der Waals surface area contributed by atoms with Crippen LogP contribution in [0.2, 0.25) is 0 Å². The van der Waals surface area contributed by atoms with Crippen LogP contribution in [0.25, 0.3) is 0 Å². The van der Waals surface area contributed by atoms with E-state index in [4.69, 9.17) is 0 Å². The van der Waals surface area contributed by atoms with E-state index in [1.165, 1.54) is 42.4 Å². The fourth-order valence-electron chi connectivity index (χ4n) is 1.61. The van der Waals surface area contributed by atoms with Gasteiger partial charge in [0.2, 0.25) is 0 Å². The topological polar surface area (TPSA) is 0 Å². The van der Waals surface area contributed by atoms with Gasteiger partial charge in [-0.1, -0.05) is 23.3 Å². The van der Waals surface area contributed by atoms with Crippen LogP contribution >= 0.6 is 11.3 Å². The van der Waals surface area contributed by atoms with Crippen molar-refractivity contribution < 1.29 is 0 Å². The fourth-order valence-corrected chi connectivity index (χ4v) is 2.31. The minimum Gasteiger partial charge on any atom is -0.152 e. The van der Waals surface area contributed by atoms with Crippen LogP contribution < -0.4 is 0 Å². The van der Waals surface area contributed by atoms with Crippen LogP contribution in [0, 0.1) is 0 Å². The van der Waals surface area contributed by atoms with Crippen LogP contribution in [0.15, 0.2) is 40.1 Å². The summed E-state index contributed by atoms with van der Waals surface area (Å²) >= 11 is 1.79. The summed E-state index contributed by atoms with van der Waals surface area (Å²) in [5.41, 5.74) is 4.41. The summed E-state index contributed by atoms with van der Waals surface area (Å²) in [4.78, 5) is 0. The summed E-state index contributed by atoms with van der Waals surface area (Å²) in [6.45, 7) is 6.57. The van der Waals surface area contributed by atoms with Crippen molar-refractivity contribution in [3.63, 3.8) is 0 Å². The molecule has 0 aliphatic carbocycles. The van der Waals surface area contributed by atoms with Gasteiger partial charge in [0.15, 0.2) is 0 Å². The number of rotatable bonds is 6. The molecular weight excluding hydrogens is 212 g/mol. The van der Waals surface area contributed by atoms with Crippen molar-refractivity contribution in [1.82, 2.24) is 0 Å². The Hall–Kier alpha value is -0.820. The lowest BCUT2D eigenvalue weighted by Gasteiger charge is -1.99. The molecule has 0 saturated heterocycles. The number of allylic oxidation sites excluding steroid dienone is 4. The molecule has 1 heterocycles. The molecular formula is C15H22S. The van der Waals surface area contributed by atoms with E-state index in [2.05, 4.69) is 49.7 Å². The van der Waals surface area contributed by atoms with Crippen molar-refractivity contribution >= 4 is 11.3 Å². The van der Waals surface area contributed by atoms with E-state index < -0.39 is 0 Å². The van der Waals surface area contributed by atoms with Crippen molar-refractivity contribution in [2.45, 2.75) is 46.5 Å². The molecule has 0 aliphatic rings. The van der Waals surface area contributed by atoms with E-state index in [1.807, 2.05) is 0 Å². The van der Waals surface area contributed by atoms with Gasteiger partial charge in [-0.2, -0.15) is 11.3 Å². The average Bonchev–Trinajstić information content (AvgIpc) is 2.70. The Bertz CT molecular complexity index is 338. The zero-order chi connectivity index (χ0) is 11.8. The zero-order valence-electron chi connectivity index (χ0n) is 10.6. The summed E-state index contributed by atoms with van der Waals surface area (Å²) in [7, 11) is 0. The number of thiophene rings is 1. The van der Waals surface area contributed by atoms with Crippen LogP contribution in [-0.4, -0.2) is 0 Å². The molecule has 0 N–H and O–H groups in total. The molecule has 1 heteroatoms. The first-order chi connectivity index (χ1) is 7.68. The van der Waals surface area contributed by atoms with Gasteiger partial charge in [0.25, 0.3) is 0 Å². The van der Waals surface area contributed by atoms with Gasteiger partial charge in [-0.3, -0.25) is 0 Å². The summed E-state index contributed by atoms with van der Waals surface area (Å²) in [5, 5.41) is 4.40. The second-order valence-electron chi connectivity index (χ2n) is 4.54. The van der Waals surface area contributed by atoms with Crippen LogP contribution in [0.3, 0.4) is 0 Å². The predicted molar refractivity (Wildman–Crippen MR) is 75.1 cm³/mol. The van der Waals surface area contributed by atoms with E-state index in [0.717, 1.165) is 0 Å². The van der Waals surface area contributed by atoms with E-state index in [0.29, 0.717) is 0 Å². The van der Waals surface area contributed by atoms with Gasteiger partial charge >= 0.3 is 0 Å². The maximum atomic E-state index is 2.39. The van der Waals surface area contributed by atoms with Gasteiger partial charge in [-0.15, -0.1) is 0 Å². The molecule has 0 spiro atoms. The van der Waals surface area contributed by atoms with Crippen LogP contribution in [-0.2, 0) is 6.42 Å². The van der Waals surface area contributed by atoms with Crippen LogP contribution in [0.1, 0.15) is 45.6 Å². The molecule has 0 saturated carbocycles. The second kappa shape index (κ2) is 7.45. The molecule has 1 aromatic heterocycles.